The third-order valence-electron chi connectivity index (χ3n) is 5.38. The van der Waals surface area contributed by atoms with Crippen LogP contribution in [0.4, 0.5) is 11.4 Å². The minimum absolute atomic E-state index is 0.117. The first-order valence-corrected chi connectivity index (χ1v) is 10.9. The Morgan fingerprint density at radius 1 is 0.971 bits per heavy atom. The molecule has 0 bridgehead atoms. The number of ether oxygens (including phenoxy) is 2. The Balaban J connectivity index is 1.43. The van der Waals surface area contributed by atoms with Gasteiger partial charge in [0.25, 0.3) is 11.8 Å². The highest BCUT2D eigenvalue weighted by Gasteiger charge is 2.22. The largest absolute Gasteiger partial charge is 0.497 e. The van der Waals surface area contributed by atoms with Gasteiger partial charge in [0.1, 0.15) is 17.2 Å². The zero-order chi connectivity index (χ0) is 24.9. The van der Waals surface area contributed by atoms with Crippen LogP contribution in [0.25, 0.3) is 0 Å². The number of hydrogen-bond acceptors (Lipinski definition) is 7. The van der Waals surface area contributed by atoms with E-state index in [1.807, 2.05) is 13.8 Å². The predicted molar refractivity (Wildman–Crippen MR) is 128 cm³/mol. The molecule has 0 atom stereocenters. The second-order valence-electron chi connectivity index (χ2n) is 7.59. The SMILES string of the molecule is CCn1ncc(NC(=O)c2ccn(COc3ccc(OC)cc3)n2)c1C(=O)Nc1cnn(C)c1C. The molecule has 4 aromatic rings. The van der Waals surface area contributed by atoms with E-state index < -0.39 is 11.8 Å². The summed E-state index contributed by atoms with van der Waals surface area (Å²) in [4.78, 5) is 25.9. The van der Waals surface area contributed by atoms with Crippen molar-refractivity contribution < 1.29 is 19.1 Å². The van der Waals surface area contributed by atoms with E-state index >= 15 is 0 Å². The molecule has 3 heterocycles. The normalized spacial score (nSPS) is 10.7. The van der Waals surface area contributed by atoms with Gasteiger partial charge in [-0.3, -0.25) is 19.0 Å². The molecule has 0 unspecified atom stereocenters. The lowest BCUT2D eigenvalue weighted by Crippen LogP contribution is -2.21. The maximum Gasteiger partial charge on any atom is 0.276 e. The number of amides is 2. The van der Waals surface area contributed by atoms with Gasteiger partial charge in [-0.1, -0.05) is 0 Å². The number of benzene rings is 1. The standard InChI is InChI=1S/C23H26N8O4/c1-5-31-21(23(33)26-19-12-24-29(3)15(19)2)20(13-25-31)27-22(32)18-10-11-30(28-18)14-35-17-8-6-16(34-4)7-9-17/h6-13H,5,14H2,1-4H3,(H,26,33)(H,27,32). The molecule has 35 heavy (non-hydrogen) atoms. The van der Waals surface area contributed by atoms with Gasteiger partial charge < -0.3 is 20.1 Å². The van der Waals surface area contributed by atoms with E-state index in [4.69, 9.17) is 9.47 Å². The molecule has 2 N–H and O–H groups in total. The van der Waals surface area contributed by atoms with Crippen LogP contribution in [0.1, 0.15) is 33.6 Å². The van der Waals surface area contributed by atoms with Crippen molar-refractivity contribution in [2.24, 2.45) is 7.05 Å². The lowest BCUT2D eigenvalue weighted by Gasteiger charge is -2.09. The first-order valence-electron chi connectivity index (χ1n) is 10.9. The van der Waals surface area contributed by atoms with Gasteiger partial charge in [-0.2, -0.15) is 15.3 Å². The fourth-order valence-electron chi connectivity index (χ4n) is 3.31. The third kappa shape index (κ3) is 5.16. The maximum atomic E-state index is 13.0. The molecule has 1 aromatic carbocycles. The third-order valence-corrected chi connectivity index (χ3v) is 5.38. The molecule has 182 valence electrons. The lowest BCUT2D eigenvalue weighted by atomic mass is 10.3. The summed E-state index contributed by atoms with van der Waals surface area (Å²) in [6.45, 7) is 4.26. The summed E-state index contributed by atoms with van der Waals surface area (Å²) < 4.78 is 15.5. The predicted octanol–water partition coefficient (Wildman–Crippen LogP) is 2.69. The monoisotopic (exact) mass is 478 g/mol. The Morgan fingerprint density at radius 3 is 2.31 bits per heavy atom. The van der Waals surface area contributed by atoms with Crippen molar-refractivity contribution in [3.8, 4) is 11.5 Å². The number of carbonyl (C=O) groups excluding carboxylic acids is 2. The van der Waals surface area contributed by atoms with Crippen LogP contribution >= 0.6 is 0 Å². The molecule has 0 aliphatic rings. The van der Waals surface area contributed by atoms with Gasteiger partial charge in [0.15, 0.2) is 12.4 Å². The zero-order valence-corrected chi connectivity index (χ0v) is 19.8. The average Bonchev–Trinajstić information content (AvgIpc) is 3.58. The number of rotatable bonds is 9. The molecule has 0 spiro atoms. The van der Waals surface area contributed by atoms with Crippen molar-refractivity contribution in [2.45, 2.75) is 27.1 Å². The van der Waals surface area contributed by atoms with E-state index in [0.717, 1.165) is 11.4 Å². The van der Waals surface area contributed by atoms with E-state index in [2.05, 4.69) is 25.9 Å². The highest BCUT2D eigenvalue weighted by atomic mass is 16.5. The summed E-state index contributed by atoms with van der Waals surface area (Å²) in [5.74, 6) is 0.480. The van der Waals surface area contributed by atoms with Crippen LogP contribution < -0.4 is 20.1 Å². The number of carbonyl (C=O) groups is 2. The maximum absolute atomic E-state index is 13.0. The van der Waals surface area contributed by atoms with Gasteiger partial charge in [-0.15, -0.1) is 0 Å². The van der Waals surface area contributed by atoms with Crippen LogP contribution in [0, 0.1) is 6.92 Å². The molecule has 12 heteroatoms. The summed E-state index contributed by atoms with van der Waals surface area (Å²) in [7, 11) is 3.38. The average molecular weight is 479 g/mol. The van der Waals surface area contributed by atoms with Crippen LogP contribution in [0.3, 0.4) is 0 Å². The Hall–Kier alpha value is -4.61. The number of nitrogens with zero attached hydrogens (tertiary/aromatic N) is 6. The highest BCUT2D eigenvalue weighted by molar-refractivity contribution is 6.11. The number of methoxy groups -OCH3 is 1. The van der Waals surface area contributed by atoms with Crippen LogP contribution in [0.5, 0.6) is 11.5 Å². The fraction of sp³-hybridized carbons (Fsp3) is 0.261. The molecule has 0 radical (unpaired) electrons. The Bertz CT molecular complexity index is 1340. The van der Waals surface area contributed by atoms with Crippen molar-refractivity contribution in [2.75, 3.05) is 17.7 Å². The fourth-order valence-corrected chi connectivity index (χ4v) is 3.31. The first-order chi connectivity index (χ1) is 16.9. The Morgan fingerprint density at radius 2 is 1.66 bits per heavy atom. The van der Waals surface area contributed by atoms with E-state index in [9.17, 15) is 9.59 Å². The molecule has 0 saturated heterocycles. The molecule has 0 saturated carbocycles. The highest BCUT2D eigenvalue weighted by Crippen LogP contribution is 2.20. The summed E-state index contributed by atoms with van der Waals surface area (Å²) in [5.41, 5.74) is 2.05. The number of aromatic nitrogens is 6. The molecule has 0 fully saturated rings. The van der Waals surface area contributed by atoms with Gasteiger partial charge >= 0.3 is 0 Å². The van der Waals surface area contributed by atoms with Crippen molar-refractivity contribution in [3.05, 3.63) is 66.0 Å². The van der Waals surface area contributed by atoms with Crippen LogP contribution in [-0.2, 0) is 20.3 Å². The van der Waals surface area contributed by atoms with E-state index in [-0.39, 0.29) is 23.8 Å². The van der Waals surface area contributed by atoms with Crippen molar-refractivity contribution in [1.82, 2.24) is 29.3 Å². The zero-order valence-electron chi connectivity index (χ0n) is 19.8. The van der Waals surface area contributed by atoms with Crippen molar-refractivity contribution in [1.29, 1.82) is 0 Å². The van der Waals surface area contributed by atoms with Gasteiger partial charge in [0.05, 0.1) is 36.6 Å². The van der Waals surface area contributed by atoms with Gasteiger partial charge in [-0.05, 0) is 44.2 Å². The van der Waals surface area contributed by atoms with Crippen molar-refractivity contribution >= 4 is 23.2 Å². The molecule has 0 aliphatic heterocycles. The lowest BCUT2D eigenvalue weighted by molar-refractivity contribution is 0.101. The summed E-state index contributed by atoms with van der Waals surface area (Å²) in [5, 5.41) is 18.2. The first kappa shape index (κ1) is 23.5. The van der Waals surface area contributed by atoms with Crippen LogP contribution in [0.15, 0.2) is 48.9 Å². The molecule has 2 amide bonds. The minimum atomic E-state index is -0.476. The Kier molecular flexibility index (Phi) is 6.81. The smallest absolute Gasteiger partial charge is 0.276 e. The van der Waals surface area contributed by atoms with Crippen LogP contribution in [-0.4, -0.2) is 48.3 Å². The van der Waals surface area contributed by atoms with Crippen molar-refractivity contribution in [3.63, 3.8) is 0 Å². The van der Waals surface area contributed by atoms with E-state index in [1.54, 1.807) is 61.6 Å². The molecule has 4 rings (SSSR count). The Labute approximate surface area is 201 Å². The van der Waals surface area contributed by atoms with Crippen LogP contribution in [0.2, 0.25) is 0 Å². The molecular formula is C23H26N8O4. The minimum Gasteiger partial charge on any atom is -0.497 e. The van der Waals surface area contributed by atoms with Gasteiger partial charge in [-0.25, -0.2) is 4.68 Å². The topological polar surface area (TPSA) is 130 Å². The number of anilines is 2. The molecule has 3 aromatic heterocycles. The second kappa shape index (κ2) is 10.1. The molecular weight excluding hydrogens is 452 g/mol. The quantitative estimate of drug-likeness (QED) is 0.378. The number of hydrogen-bond donors (Lipinski definition) is 2. The molecule has 12 nitrogen and oxygen atoms in total. The van der Waals surface area contributed by atoms with Gasteiger partial charge in [0, 0.05) is 19.8 Å². The van der Waals surface area contributed by atoms with E-state index in [0.29, 0.717) is 18.0 Å². The summed E-state index contributed by atoms with van der Waals surface area (Å²) >= 11 is 0. The summed E-state index contributed by atoms with van der Waals surface area (Å²) in [6, 6.07) is 8.70. The van der Waals surface area contributed by atoms with E-state index in [1.165, 1.54) is 15.6 Å². The van der Waals surface area contributed by atoms with Gasteiger partial charge in [0.2, 0.25) is 0 Å². The number of nitrogens with one attached hydrogen (secondary N) is 2. The molecule has 0 aliphatic carbocycles. The summed E-state index contributed by atoms with van der Waals surface area (Å²) in [6.07, 6.45) is 4.64. The second-order valence-corrected chi connectivity index (χ2v) is 7.59. The number of aryl methyl sites for hydroxylation is 2.